The van der Waals surface area contributed by atoms with Crippen LogP contribution in [-0.2, 0) is 25.5 Å². The van der Waals surface area contributed by atoms with Gasteiger partial charge >= 0.3 is 5.97 Å². The van der Waals surface area contributed by atoms with Crippen LogP contribution >= 0.6 is 0 Å². The van der Waals surface area contributed by atoms with Gasteiger partial charge in [0, 0.05) is 18.7 Å². The molecule has 0 N–H and O–H groups in total. The number of methoxy groups -OCH3 is 2. The molecule has 182 valence electrons. The van der Waals surface area contributed by atoms with Gasteiger partial charge in [0.2, 0.25) is 0 Å². The number of carbonyl (C=O) groups excluding carboxylic acids is 1. The SMILES string of the molecule is COCC[n+]1cccc(-c2ccc(C(O[C@@H](CC(C)C)C(=O)OC)c3ccccc3)cc2)c1.[Br-]. The van der Waals surface area contributed by atoms with Crippen LogP contribution in [0, 0.1) is 5.92 Å². The molecule has 1 unspecified atom stereocenters. The summed E-state index contributed by atoms with van der Waals surface area (Å²) in [6.07, 6.45) is 3.76. The van der Waals surface area contributed by atoms with E-state index < -0.39 is 6.10 Å². The van der Waals surface area contributed by atoms with Crippen molar-refractivity contribution >= 4 is 5.97 Å². The normalized spacial score (nSPS) is 12.6. The van der Waals surface area contributed by atoms with Gasteiger partial charge in [0.25, 0.3) is 0 Å². The fourth-order valence-electron chi connectivity index (χ4n) is 3.79. The summed E-state index contributed by atoms with van der Waals surface area (Å²) in [6, 6.07) is 22.5. The maximum Gasteiger partial charge on any atom is 0.335 e. The lowest BCUT2D eigenvalue weighted by Gasteiger charge is -2.25. The Morgan fingerprint density at radius 1 is 0.882 bits per heavy atom. The van der Waals surface area contributed by atoms with Crippen LogP contribution in [0.1, 0.15) is 37.5 Å². The maximum atomic E-state index is 12.4. The van der Waals surface area contributed by atoms with Crippen molar-refractivity contribution < 1.29 is 40.6 Å². The Bertz CT molecular complexity index is 1010. The largest absolute Gasteiger partial charge is 1.00 e. The third-order valence-electron chi connectivity index (χ3n) is 5.51. The third kappa shape index (κ3) is 7.76. The highest BCUT2D eigenvalue weighted by atomic mass is 79.9. The summed E-state index contributed by atoms with van der Waals surface area (Å²) in [5.74, 6) is -0.0399. The van der Waals surface area contributed by atoms with Crippen molar-refractivity contribution in [3.05, 3.63) is 90.3 Å². The van der Waals surface area contributed by atoms with Crippen LogP contribution in [0.25, 0.3) is 11.1 Å². The molecule has 0 aliphatic heterocycles. The Hall–Kier alpha value is -2.54. The van der Waals surface area contributed by atoms with Gasteiger partial charge in [-0.05, 0) is 35.1 Å². The van der Waals surface area contributed by atoms with E-state index >= 15 is 0 Å². The van der Waals surface area contributed by atoms with E-state index in [0.717, 1.165) is 28.8 Å². The van der Waals surface area contributed by atoms with Gasteiger partial charge in [0.1, 0.15) is 12.7 Å². The zero-order valence-corrected chi connectivity index (χ0v) is 21.9. The molecule has 0 radical (unpaired) electrons. The molecular formula is C28H34BrNO4. The van der Waals surface area contributed by atoms with Crippen molar-refractivity contribution in [1.82, 2.24) is 0 Å². The Kier molecular flexibility index (Phi) is 11.4. The smallest absolute Gasteiger partial charge is 0.335 e. The second-order valence-electron chi connectivity index (χ2n) is 8.51. The molecule has 0 bridgehead atoms. The second kappa shape index (κ2) is 14.0. The van der Waals surface area contributed by atoms with E-state index in [4.69, 9.17) is 14.2 Å². The van der Waals surface area contributed by atoms with Crippen LogP contribution in [0.4, 0.5) is 0 Å². The molecule has 5 nitrogen and oxygen atoms in total. The summed E-state index contributed by atoms with van der Waals surface area (Å²) >= 11 is 0. The van der Waals surface area contributed by atoms with Gasteiger partial charge in [-0.25, -0.2) is 9.36 Å². The first-order valence-electron chi connectivity index (χ1n) is 11.4. The highest BCUT2D eigenvalue weighted by Crippen LogP contribution is 2.31. The molecule has 2 aromatic carbocycles. The van der Waals surface area contributed by atoms with Gasteiger partial charge in [-0.15, -0.1) is 0 Å². The van der Waals surface area contributed by atoms with E-state index in [0.29, 0.717) is 18.9 Å². The summed E-state index contributed by atoms with van der Waals surface area (Å²) < 4.78 is 18.7. The van der Waals surface area contributed by atoms with Crippen LogP contribution < -0.4 is 21.5 Å². The maximum absolute atomic E-state index is 12.4. The van der Waals surface area contributed by atoms with Gasteiger partial charge in [-0.3, -0.25) is 0 Å². The highest BCUT2D eigenvalue weighted by molar-refractivity contribution is 5.74. The quantitative estimate of drug-likeness (QED) is 0.282. The van der Waals surface area contributed by atoms with Crippen LogP contribution in [-0.4, -0.2) is 32.9 Å². The van der Waals surface area contributed by atoms with Crippen LogP contribution in [0.15, 0.2) is 79.1 Å². The average Bonchev–Trinajstić information content (AvgIpc) is 2.85. The Balaban J connectivity index is 0.00000408. The fourth-order valence-corrected chi connectivity index (χ4v) is 3.79. The monoisotopic (exact) mass is 527 g/mol. The Morgan fingerprint density at radius 3 is 2.18 bits per heavy atom. The third-order valence-corrected chi connectivity index (χ3v) is 5.51. The molecule has 34 heavy (non-hydrogen) atoms. The molecule has 0 spiro atoms. The molecule has 2 atom stereocenters. The molecule has 0 saturated heterocycles. The molecule has 3 rings (SSSR count). The van der Waals surface area contributed by atoms with Crippen LogP contribution in [0.2, 0.25) is 0 Å². The van der Waals surface area contributed by atoms with Crippen molar-refractivity contribution in [2.45, 2.75) is 39.0 Å². The first-order valence-corrected chi connectivity index (χ1v) is 11.4. The van der Waals surface area contributed by atoms with E-state index in [1.807, 2.05) is 42.6 Å². The lowest BCUT2D eigenvalue weighted by atomic mass is 9.97. The number of hydrogen-bond donors (Lipinski definition) is 0. The summed E-state index contributed by atoms with van der Waals surface area (Å²) in [5, 5.41) is 0. The molecule has 0 fully saturated rings. The molecule has 1 heterocycles. The summed E-state index contributed by atoms with van der Waals surface area (Å²) in [5.41, 5.74) is 4.24. The number of rotatable bonds is 11. The van der Waals surface area contributed by atoms with Gasteiger partial charge < -0.3 is 31.2 Å². The second-order valence-corrected chi connectivity index (χ2v) is 8.51. The zero-order valence-electron chi connectivity index (χ0n) is 20.3. The Labute approximate surface area is 213 Å². The molecule has 0 saturated carbocycles. The van der Waals surface area contributed by atoms with Gasteiger partial charge in [0.15, 0.2) is 25.0 Å². The summed E-state index contributed by atoms with van der Waals surface area (Å²) in [6.45, 7) is 5.62. The number of ether oxygens (including phenoxy) is 3. The van der Waals surface area contributed by atoms with Crippen molar-refractivity contribution in [2.75, 3.05) is 20.8 Å². The predicted octanol–water partition coefficient (Wildman–Crippen LogP) is 1.99. The van der Waals surface area contributed by atoms with E-state index in [-0.39, 0.29) is 29.1 Å². The van der Waals surface area contributed by atoms with Gasteiger partial charge in [0.05, 0.1) is 7.11 Å². The molecule has 3 aromatic rings. The molecule has 0 aliphatic carbocycles. The van der Waals surface area contributed by atoms with Crippen molar-refractivity contribution in [3.63, 3.8) is 0 Å². The lowest BCUT2D eigenvalue weighted by Crippen LogP contribution is -3.00. The Morgan fingerprint density at radius 2 is 1.56 bits per heavy atom. The topological polar surface area (TPSA) is 48.6 Å². The minimum Gasteiger partial charge on any atom is -1.00 e. The predicted molar refractivity (Wildman–Crippen MR) is 129 cm³/mol. The number of benzene rings is 2. The molecule has 0 aliphatic rings. The van der Waals surface area contributed by atoms with Gasteiger partial charge in [-0.1, -0.05) is 68.4 Å². The van der Waals surface area contributed by atoms with E-state index in [2.05, 4.69) is 54.9 Å². The number of halogens is 1. The number of hydrogen-bond acceptors (Lipinski definition) is 4. The number of aromatic nitrogens is 1. The van der Waals surface area contributed by atoms with E-state index in [9.17, 15) is 4.79 Å². The highest BCUT2D eigenvalue weighted by Gasteiger charge is 2.27. The molecule has 0 amide bonds. The van der Waals surface area contributed by atoms with E-state index in [1.165, 1.54) is 7.11 Å². The van der Waals surface area contributed by atoms with E-state index in [1.54, 1.807) is 7.11 Å². The molecular weight excluding hydrogens is 494 g/mol. The standard InChI is InChI=1S/C28H34NO4.BrH/c1-21(2)19-26(28(30)32-4)33-27(23-9-6-5-7-10-23)24-14-12-22(13-15-24)25-11-8-16-29(20-25)17-18-31-3;/h5-16,20-21,26-27H,17-19H2,1-4H3;1H/q+1;/p-1/t26-,27?;/m0./s1. The first kappa shape index (κ1) is 27.7. The van der Waals surface area contributed by atoms with Gasteiger partial charge in [-0.2, -0.15) is 0 Å². The van der Waals surface area contributed by atoms with Crippen molar-refractivity contribution in [3.8, 4) is 11.1 Å². The minimum atomic E-state index is -0.631. The number of pyridine rings is 1. The number of nitrogens with zero attached hydrogens (tertiary/aromatic N) is 1. The van der Waals surface area contributed by atoms with Crippen molar-refractivity contribution in [2.24, 2.45) is 5.92 Å². The van der Waals surface area contributed by atoms with Crippen LogP contribution in [0.3, 0.4) is 0 Å². The summed E-state index contributed by atoms with van der Waals surface area (Å²) in [7, 11) is 3.12. The zero-order chi connectivity index (χ0) is 23.6. The molecule has 6 heteroatoms. The summed E-state index contributed by atoms with van der Waals surface area (Å²) in [4.78, 5) is 12.4. The number of esters is 1. The fraction of sp³-hybridized carbons (Fsp3) is 0.357. The van der Waals surface area contributed by atoms with Crippen molar-refractivity contribution in [1.29, 1.82) is 0 Å². The number of carbonyl (C=O) groups is 1. The average molecular weight is 528 g/mol. The lowest BCUT2D eigenvalue weighted by molar-refractivity contribution is -0.697. The van der Waals surface area contributed by atoms with Crippen LogP contribution in [0.5, 0.6) is 0 Å². The molecule has 1 aromatic heterocycles. The first-order chi connectivity index (χ1) is 16.0. The minimum absolute atomic E-state index is 0.